The molecule has 3 heterocycles. The molecule has 32 heavy (non-hydrogen) atoms. The average Bonchev–Trinajstić information content (AvgIpc) is 2.85. The highest BCUT2D eigenvalue weighted by molar-refractivity contribution is 6.30. The van der Waals surface area contributed by atoms with E-state index in [0.29, 0.717) is 30.4 Å². The molecule has 6 heteroatoms. The minimum atomic E-state index is 0.0588. The van der Waals surface area contributed by atoms with Gasteiger partial charge in [0.2, 0.25) is 5.91 Å². The van der Waals surface area contributed by atoms with Crippen LogP contribution in [0, 0.1) is 0 Å². The van der Waals surface area contributed by atoms with E-state index < -0.39 is 0 Å². The van der Waals surface area contributed by atoms with Crippen LogP contribution in [0.4, 0.5) is 0 Å². The summed E-state index contributed by atoms with van der Waals surface area (Å²) in [7, 11) is 0. The van der Waals surface area contributed by atoms with Crippen LogP contribution >= 0.6 is 11.6 Å². The number of hydrogen-bond donors (Lipinski definition) is 0. The lowest BCUT2D eigenvalue weighted by atomic mass is 9.98. The Morgan fingerprint density at radius 1 is 0.906 bits per heavy atom. The van der Waals surface area contributed by atoms with Gasteiger partial charge in [-0.15, -0.1) is 0 Å². The van der Waals surface area contributed by atoms with E-state index in [1.807, 2.05) is 77.7 Å². The van der Waals surface area contributed by atoms with Crippen LogP contribution in [0.25, 0.3) is 22.6 Å². The van der Waals surface area contributed by atoms with E-state index in [1.54, 1.807) is 6.20 Å². The Morgan fingerprint density at radius 3 is 2.44 bits per heavy atom. The van der Waals surface area contributed by atoms with E-state index in [9.17, 15) is 4.79 Å². The summed E-state index contributed by atoms with van der Waals surface area (Å²) in [6, 6.07) is 23.3. The molecule has 0 radical (unpaired) electrons. The van der Waals surface area contributed by atoms with Gasteiger partial charge >= 0.3 is 0 Å². The van der Waals surface area contributed by atoms with Gasteiger partial charge in [-0.05, 0) is 24.3 Å². The number of carbonyl (C=O) groups excluding carboxylic acids is 1. The largest absolute Gasteiger partial charge is 0.337 e. The van der Waals surface area contributed by atoms with Crippen molar-refractivity contribution in [3.8, 4) is 22.6 Å². The normalized spacial score (nSPS) is 13.0. The van der Waals surface area contributed by atoms with Gasteiger partial charge in [0.1, 0.15) is 0 Å². The fourth-order valence-electron chi connectivity index (χ4n) is 3.96. The maximum atomic E-state index is 13.0. The summed E-state index contributed by atoms with van der Waals surface area (Å²) >= 11 is 6.12. The Bertz CT molecular complexity index is 1240. The molecule has 0 fully saturated rings. The highest BCUT2D eigenvalue weighted by atomic mass is 35.5. The third kappa shape index (κ3) is 4.25. The van der Waals surface area contributed by atoms with Crippen LogP contribution in [0.15, 0.2) is 79.0 Å². The van der Waals surface area contributed by atoms with E-state index in [0.717, 1.165) is 33.8 Å². The molecule has 0 unspecified atom stereocenters. The Morgan fingerprint density at radius 2 is 1.69 bits per heavy atom. The third-order valence-corrected chi connectivity index (χ3v) is 5.87. The molecule has 2 aromatic carbocycles. The molecule has 0 aliphatic carbocycles. The van der Waals surface area contributed by atoms with Crippen molar-refractivity contribution in [1.29, 1.82) is 0 Å². The van der Waals surface area contributed by atoms with Crippen molar-refractivity contribution in [2.24, 2.45) is 0 Å². The fraction of sp³-hybridized carbons (Fsp3) is 0.154. The third-order valence-electron chi connectivity index (χ3n) is 5.62. The number of hydrogen-bond acceptors (Lipinski definition) is 4. The molecule has 5 nitrogen and oxygen atoms in total. The number of fused-ring (bicyclic) bond motifs is 1. The summed E-state index contributed by atoms with van der Waals surface area (Å²) in [5.74, 6) is 0.756. The van der Waals surface area contributed by atoms with E-state index in [-0.39, 0.29) is 12.3 Å². The Hall–Kier alpha value is -3.57. The SMILES string of the molecule is O=C(Cc1ccccn1)N1CCc2nc(-c3ccccc3)nc(-c3ccc(Cl)cc3)c2C1. The molecule has 5 rings (SSSR count). The highest BCUT2D eigenvalue weighted by Gasteiger charge is 2.26. The zero-order valence-corrected chi connectivity index (χ0v) is 18.2. The molecule has 0 saturated carbocycles. The van der Waals surface area contributed by atoms with Crippen molar-refractivity contribution >= 4 is 17.5 Å². The lowest BCUT2D eigenvalue weighted by Crippen LogP contribution is -2.38. The van der Waals surface area contributed by atoms with Gasteiger partial charge in [0.05, 0.1) is 17.8 Å². The van der Waals surface area contributed by atoms with E-state index >= 15 is 0 Å². The lowest BCUT2D eigenvalue weighted by molar-refractivity contribution is -0.131. The first-order valence-electron chi connectivity index (χ1n) is 10.6. The zero-order chi connectivity index (χ0) is 21.9. The maximum Gasteiger partial charge on any atom is 0.228 e. The average molecular weight is 441 g/mol. The lowest BCUT2D eigenvalue weighted by Gasteiger charge is -2.30. The Labute approximate surface area is 191 Å². The number of rotatable bonds is 4. The van der Waals surface area contributed by atoms with Crippen LogP contribution in [-0.2, 0) is 24.2 Å². The Kier molecular flexibility index (Phi) is 5.65. The van der Waals surface area contributed by atoms with Crippen LogP contribution in [0.5, 0.6) is 0 Å². The van der Waals surface area contributed by atoms with Crippen LogP contribution < -0.4 is 0 Å². The van der Waals surface area contributed by atoms with Crippen LogP contribution in [0.1, 0.15) is 17.0 Å². The molecule has 158 valence electrons. The molecule has 1 aliphatic heterocycles. The summed E-state index contributed by atoms with van der Waals surface area (Å²) in [5, 5.41) is 0.673. The predicted octanol–water partition coefficient (Wildman–Crippen LogP) is 4.99. The zero-order valence-electron chi connectivity index (χ0n) is 17.4. The van der Waals surface area contributed by atoms with Gasteiger partial charge in [0, 0.05) is 53.1 Å². The summed E-state index contributed by atoms with van der Waals surface area (Å²) in [4.78, 5) is 29.0. The molecule has 0 spiro atoms. The highest BCUT2D eigenvalue weighted by Crippen LogP contribution is 2.31. The smallest absolute Gasteiger partial charge is 0.228 e. The van der Waals surface area contributed by atoms with Crippen molar-refractivity contribution < 1.29 is 4.79 Å². The van der Waals surface area contributed by atoms with Crippen LogP contribution in [0.3, 0.4) is 0 Å². The first kappa shape index (κ1) is 20.3. The second-order valence-corrected chi connectivity index (χ2v) is 8.19. The summed E-state index contributed by atoms with van der Waals surface area (Å²) in [6.45, 7) is 1.11. The number of pyridine rings is 1. The van der Waals surface area contributed by atoms with Crippen LogP contribution in [-0.4, -0.2) is 32.3 Å². The van der Waals surface area contributed by atoms with Gasteiger partial charge < -0.3 is 4.90 Å². The Balaban J connectivity index is 1.52. The number of benzene rings is 2. The number of halogens is 1. The minimum absolute atomic E-state index is 0.0588. The maximum absolute atomic E-state index is 13.0. The van der Waals surface area contributed by atoms with Gasteiger partial charge in [-0.25, -0.2) is 9.97 Å². The monoisotopic (exact) mass is 440 g/mol. The molecular formula is C26H21ClN4O. The number of aromatic nitrogens is 3. The van der Waals surface area contributed by atoms with Crippen molar-refractivity contribution in [2.75, 3.05) is 6.54 Å². The predicted molar refractivity (Wildman–Crippen MR) is 125 cm³/mol. The van der Waals surface area contributed by atoms with Crippen molar-refractivity contribution in [2.45, 2.75) is 19.4 Å². The molecule has 1 aliphatic rings. The van der Waals surface area contributed by atoms with Gasteiger partial charge in [-0.3, -0.25) is 9.78 Å². The number of amides is 1. The first-order valence-corrected chi connectivity index (χ1v) is 10.9. The van der Waals surface area contributed by atoms with Crippen molar-refractivity contribution in [1.82, 2.24) is 19.9 Å². The van der Waals surface area contributed by atoms with Crippen molar-refractivity contribution in [3.05, 3.63) is 101 Å². The van der Waals surface area contributed by atoms with Gasteiger partial charge in [-0.1, -0.05) is 60.1 Å². The quantitative estimate of drug-likeness (QED) is 0.448. The summed E-state index contributed by atoms with van der Waals surface area (Å²) < 4.78 is 0. The molecule has 0 bridgehead atoms. The minimum Gasteiger partial charge on any atom is -0.337 e. The molecule has 0 N–H and O–H groups in total. The molecule has 4 aromatic rings. The van der Waals surface area contributed by atoms with Gasteiger partial charge in [0.15, 0.2) is 5.82 Å². The molecule has 1 amide bonds. The van der Waals surface area contributed by atoms with Gasteiger partial charge in [0.25, 0.3) is 0 Å². The molecular weight excluding hydrogens is 420 g/mol. The summed E-state index contributed by atoms with van der Waals surface area (Å²) in [5.41, 5.74) is 5.54. The molecule has 0 atom stereocenters. The van der Waals surface area contributed by atoms with Gasteiger partial charge in [-0.2, -0.15) is 0 Å². The number of nitrogens with zero attached hydrogens (tertiary/aromatic N) is 4. The van der Waals surface area contributed by atoms with E-state index in [2.05, 4.69) is 4.98 Å². The van der Waals surface area contributed by atoms with E-state index in [4.69, 9.17) is 21.6 Å². The topological polar surface area (TPSA) is 59.0 Å². The summed E-state index contributed by atoms with van der Waals surface area (Å²) in [6.07, 6.45) is 2.69. The van der Waals surface area contributed by atoms with E-state index in [1.165, 1.54) is 0 Å². The number of carbonyl (C=O) groups is 1. The van der Waals surface area contributed by atoms with Crippen molar-refractivity contribution in [3.63, 3.8) is 0 Å². The molecule has 0 saturated heterocycles. The molecule has 2 aromatic heterocycles. The van der Waals surface area contributed by atoms with Crippen LogP contribution in [0.2, 0.25) is 5.02 Å². The second kappa shape index (κ2) is 8.89. The fourth-order valence-corrected chi connectivity index (χ4v) is 4.09. The standard InChI is InChI=1S/C26H21ClN4O/c27-20-11-9-18(10-12-20)25-22-17-31(24(32)16-21-8-4-5-14-28-21)15-13-23(22)29-26(30-25)19-6-2-1-3-7-19/h1-12,14H,13,15-17H2. The first-order chi connectivity index (χ1) is 15.7. The second-order valence-electron chi connectivity index (χ2n) is 7.76.